The van der Waals surface area contributed by atoms with Crippen molar-refractivity contribution in [2.45, 2.75) is 70.2 Å². The van der Waals surface area contributed by atoms with E-state index < -0.39 is 0 Å². The van der Waals surface area contributed by atoms with Gasteiger partial charge in [-0.25, -0.2) is 4.98 Å². The molecule has 0 spiro atoms. The number of halogens is 1. The molecule has 0 unspecified atom stereocenters. The number of nitrogens with zero attached hydrogens (tertiary/aromatic N) is 4. The lowest BCUT2D eigenvalue weighted by Gasteiger charge is -2.22. The van der Waals surface area contributed by atoms with E-state index >= 15 is 0 Å². The van der Waals surface area contributed by atoms with Gasteiger partial charge < -0.3 is 5.32 Å². The number of carbonyl (C=O) groups excluding carboxylic acids is 1. The molecule has 4 rings (SSSR count). The van der Waals surface area contributed by atoms with Crippen molar-refractivity contribution in [2.24, 2.45) is 0 Å². The quantitative estimate of drug-likeness (QED) is 0.411. The zero-order chi connectivity index (χ0) is 22.7. The van der Waals surface area contributed by atoms with Gasteiger partial charge in [0.15, 0.2) is 10.7 Å². The van der Waals surface area contributed by atoms with Gasteiger partial charge in [-0.15, -0.1) is 0 Å². The second-order valence-electron chi connectivity index (χ2n) is 8.20. The number of carbonyl (C=O) groups is 1. The second kappa shape index (κ2) is 10.1. The average Bonchev–Trinajstić information content (AvgIpc) is 3.12. The molecule has 0 bridgehead atoms. The van der Waals surface area contributed by atoms with Crippen LogP contribution >= 0.6 is 23.4 Å². The van der Waals surface area contributed by atoms with Gasteiger partial charge in [-0.2, -0.15) is 5.10 Å². The third kappa shape index (κ3) is 5.02. The Morgan fingerprint density at radius 2 is 1.94 bits per heavy atom. The summed E-state index contributed by atoms with van der Waals surface area (Å²) in [4.78, 5) is 30.8. The van der Waals surface area contributed by atoms with Crippen molar-refractivity contribution in [3.05, 3.63) is 50.9 Å². The minimum atomic E-state index is -0.150. The maximum Gasteiger partial charge on any atom is 0.280 e. The SMILES string of the molecule is CCn1nc(C)c2nc(SCC(=O)NC3CCCCC3)n(Cc3ccc(Cl)cc3)c(=O)c21. The summed E-state index contributed by atoms with van der Waals surface area (Å²) in [6.07, 6.45) is 5.65. The number of rotatable bonds is 7. The van der Waals surface area contributed by atoms with E-state index in [4.69, 9.17) is 16.6 Å². The number of benzene rings is 1. The van der Waals surface area contributed by atoms with Crippen LogP contribution in [0.3, 0.4) is 0 Å². The molecule has 1 aromatic carbocycles. The number of aromatic nitrogens is 4. The Balaban J connectivity index is 1.64. The molecular formula is C23H28ClN5O2S. The Labute approximate surface area is 196 Å². The van der Waals surface area contributed by atoms with E-state index in [1.54, 1.807) is 21.4 Å². The Kier molecular flexibility index (Phi) is 7.20. The third-order valence-corrected chi connectivity index (χ3v) is 7.07. The molecule has 2 aromatic heterocycles. The largest absolute Gasteiger partial charge is 0.353 e. The molecule has 0 aliphatic heterocycles. The molecule has 7 nitrogen and oxygen atoms in total. The van der Waals surface area contributed by atoms with Crippen LogP contribution in [0, 0.1) is 6.92 Å². The van der Waals surface area contributed by atoms with Gasteiger partial charge in [-0.1, -0.05) is 54.8 Å². The van der Waals surface area contributed by atoms with Crippen molar-refractivity contribution >= 4 is 40.3 Å². The fourth-order valence-electron chi connectivity index (χ4n) is 4.19. The van der Waals surface area contributed by atoms with Crippen LogP contribution in [-0.2, 0) is 17.9 Å². The number of hydrogen-bond donors (Lipinski definition) is 1. The Bertz CT molecular complexity index is 1170. The van der Waals surface area contributed by atoms with Crippen LogP contribution in [0.2, 0.25) is 5.02 Å². The molecule has 2 heterocycles. The molecule has 3 aromatic rings. The van der Waals surface area contributed by atoms with Gasteiger partial charge >= 0.3 is 0 Å². The first kappa shape index (κ1) is 22.9. The first-order valence-corrected chi connectivity index (χ1v) is 12.5. The first-order chi connectivity index (χ1) is 15.5. The van der Waals surface area contributed by atoms with E-state index in [0.717, 1.165) is 31.2 Å². The number of hydrogen-bond acceptors (Lipinski definition) is 5. The van der Waals surface area contributed by atoms with Gasteiger partial charge in [0, 0.05) is 17.6 Å². The highest BCUT2D eigenvalue weighted by molar-refractivity contribution is 7.99. The zero-order valence-electron chi connectivity index (χ0n) is 18.4. The van der Waals surface area contributed by atoms with E-state index in [0.29, 0.717) is 40.0 Å². The van der Waals surface area contributed by atoms with Gasteiger partial charge in [0.1, 0.15) is 5.52 Å². The minimum Gasteiger partial charge on any atom is -0.353 e. The molecule has 9 heteroatoms. The molecule has 1 amide bonds. The summed E-state index contributed by atoms with van der Waals surface area (Å²) in [5.74, 6) is 0.200. The maximum absolute atomic E-state index is 13.5. The number of amides is 1. The summed E-state index contributed by atoms with van der Waals surface area (Å²) in [6.45, 7) is 4.74. The molecule has 170 valence electrons. The third-order valence-electron chi connectivity index (χ3n) is 5.84. The lowest BCUT2D eigenvalue weighted by atomic mass is 9.95. The van der Waals surface area contributed by atoms with Gasteiger partial charge in [-0.3, -0.25) is 18.8 Å². The minimum absolute atomic E-state index is 0.0183. The summed E-state index contributed by atoms with van der Waals surface area (Å²) in [6, 6.07) is 7.66. The van der Waals surface area contributed by atoms with Gasteiger partial charge in [0.05, 0.1) is 18.0 Å². The molecular weight excluding hydrogens is 446 g/mol. The van der Waals surface area contributed by atoms with Crippen LogP contribution in [0.5, 0.6) is 0 Å². The molecule has 0 atom stereocenters. The van der Waals surface area contributed by atoms with Crippen LogP contribution in [-0.4, -0.2) is 37.0 Å². The number of aryl methyl sites for hydroxylation is 2. The molecule has 1 aliphatic rings. The van der Waals surface area contributed by atoms with Crippen LogP contribution in [0.4, 0.5) is 0 Å². The van der Waals surface area contributed by atoms with E-state index in [1.165, 1.54) is 18.2 Å². The summed E-state index contributed by atoms with van der Waals surface area (Å²) in [5.41, 5.74) is 2.59. The van der Waals surface area contributed by atoms with E-state index in [9.17, 15) is 9.59 Å². The highest BCUT2D eigenvalue weighted by atomic mass is 35.5. The van der Waals surface area contributed by atoms with Crippen molar-refractivity contribution in [1.82, 2.24) is 24.6 Å². The molecule has 1 fully saturated rings. The zero-order valence-corrected chi connectivity index (χ0v) is 20.0. The molecule has 32 heavy (non-hydrogen) atoms. The predicted molar refractivity (Wildman–Crippen MR) is 128 cm³/mol. The fourth-order valence-corrected chi connectivity index (χ4v) is 5.11. The molecule has 0 saturated heterocycles. The Morgan fingerprint density at radius 1 is 1.22 bits per heavy atom. The van der Waals surface area contributed by atoms with Crippen LogP contribution < -0.4 is 10.9 Å². The van der Waals surface area contributed by atoms with E-state index in [-0.39, 0.29) is 23.3 Å². The standard InChI is InChI=1S/C23H28ClN5O2S/c1-3-29-21-20(15(2)27-29)26-23(32-14-19(30)25-18-7-5-4-6-8-18)28(22(21)31)13-16-9-11-17(24)12-10-16/h9-12,18H,3-8,13-14H2,1-2H3,(H,25,30). The monoisotopic (exact) mass is 473 g/mol. The average molecular weight is 474 g/mol. The highest BCUT2D eigenvalue weighted by Gasteiger charge is 2.20. The van der Waals surface area contributed by atoms with E-state index in [1.807, 2.05) is 26.0 Å². The molecule has 1 saturated carbocycles. The molecule has 1 aliphatic carbocycles. The smallest absolute Gasteiger partial charge is 0.280 e. The van der Waals surface area contributed by atoms with Crippen molar-refractivity contribution in [3.63, 3.8) is 0 Å². The second-order valence-corrected chi connectivity index (χ2v) is 9.58. The van der Waals surface area contributed by atoms with Gasteiger partial charge in [0.25, 0.3) is 5.56 Å². The lowest BCUT2D eigenvalue weighted by molar-refractivity contribution is -0.119. The predicted octanol–water partition coefficient (Wildman–Crippen LogP) is 4.16. The lowest BCUT2D eigenvalue weighted by Crippen LogP contribution is -2.37. The Hall–Kier alpha value is -2.32. The normalized spacial score (nSPS) is 14.7. The van der Waals surface area contributed by atoms with Crippen molar-refractivity contribution in [1.29, 1.82) is 0 Å². The fraction of sp³-hybridized carbons (Fsp3) is 0.478. The van der Waals surface area contributed by atoms with Gasteiger partial charge in [0.2, 0.25) is 5.91 Å². The summed E-state index contributed by atoms with van der Waals surface area (Å²) in [5, 5.41) is 8.78. The summed E-state index contributed by atoms with van der Waals surface area (Å²) < 4.78 is 3.33. The Morgan fingerprint density at radius 3 is 2.62 bits per heavy atom. The van der Waals surface area contributed by atoms with E-state index in [2.05, 4.69) is 10.4 Å². The van der Waals surface area contributed by atoms with Crippen molar-refractivity contribution < 1.29 is 4.79 Å². The molecule has 0 radical (unpaired) electrons. The maximum atomic E-state index is 13.5. The van der Waals surface area contributed by atoms with Crippen LogP contribution in [0.25, 0.3) is 11.0 Å². The van der Waals surface area contributed by atoms with Gasteiger partial charge in [-0.05, 0) is 44.4 Å². The summed E-state index contributed by atoms with van der Waals surface area (Å²) in [7, 11) is 0. The number of fused-ring (bicyclic) bond motifs is 1. The highest BCUT2D eigenvalue weighted by Crippen LogP contribution is 2.22. The van der Waals surface area contributed by atoms with Crippen LogP contribution in [0.1, 0.15) is 50.3 Å². The number of thioether (sulfide) groups is 1. The molecule has 1 N–H and O–H groups in total. The topological polar surface area (TPSA) is 81.8 Å². The summed E-state index contributed by atoms with van der Waals surface area (Å²) >= 11 is 7.32. The number of nitrogens with one attached hydrogen (secondary N) is 1. The van der Waals surface area contributed by atoms with Crippen molar-refractivity contribution in [3.8, 4) is 0 Å². The van der Waals surface area contributed by atoms with Crippen LogP contribution in [0.15, 0.2) is 34.2 Å². The first-order valence-electron chi connectivity index (χ1n) is 11.1. The van der Waals surface area contributed by atoms with Crippen molar-refractivity contribution in [2.75, 3.05) is 5.75 Å².